The van der Waals surface area contributed by atoms with Gasteiger partial charge in [0.25, 0.3) is 0 Å². The summed E-state index contributed by atoms with van der Waals surface area (Å²) in [6.45, 7) is 1.20. The van der Waals surface area contributed by atoms with Crippen molar-refractivity contribution in [2.24, 2.45) is 0 Å². The Kier molecular flexibility index (Phi) is 4.36. The van der Waals surface area contributed by atoms with Gasteiger partial charge in [-0.05, 0) is 37.1 Å². The molecule has 0 aromatic heterocycles. The minimum atomic E-state index is 0.738. The summed E-state index contributed by atoms with van der Waals surface area (Å²) in [5.74, 6) is 2.32. The summed E-state index contributed by atoms with van der Waals surface area (Å²) in [6, 6.07) is 8.88. The fourth-order valence-corrected chi connectivity index (χ4v) is 3.04. The zero-order valence-corrected chi connectivity index (χ0v) is 10.3. The van der Waals surface area contributed by atoms with Crippen molar-refractivity contribution in [1.82, 2.24) is 5.32 Å². The zero-order valence-electron chi connectivity index (χ0n) is 8.71. The molecular weight excluding hydrogens is 226 g/mol. The van der Waals surface area contributed by atoms with E-state index in [1.54, 1.807) is 0 Å². The highest BCUT2D eigenvalue weighted by molar-refractivity contribution is 7.98. The molecule has 0 saturated carbocycles. The van der Waals surface area contributed by atoms with Crippen molar-refractivity contribution in [3.63, 3.8) is 0 Å². The van der Waals surface area contributed by atoms with Gasteiger partial charge < -0.3 is 5.32 Å². The molecule has 1 saturated heterocycles. The minimum absolute atomic E-state index is 0.738. The highest BCUT2D eigenvalue weighted by atomic mass is 35.5. The fourth-order valence-electron chi connectivity index (χ4n) is 1.80. The van der Waals surface area contributed by atoms with Crippen molar-refractivity contribution < 1.29 is 0 Å². The first kappa shape index (κ1) is 11.3. The van der Waals surface area contributed by atoms with Gasteiger partial charge in [-0.1, -0.05) is 23.7 Å². The number of hydrogen-bond donors (Lipinski definition) is 1. The lowest BCUT2D eigenvalue weighted by Crippen LogP contribution is -2.23. The van der Waals surface area contributed by atoms with Gasteiger partial charge in [0.2, 0.25) is 0 Å². The predicted octanol–water partition coefficient (Wildman–Crippen LogP) is 3.33. The standard InChI is InChI=1S/C12H16ClNS/c13-11-5-3-10(4-6-11)8-15-9-12-2-1-7-14-12/h3-6,12,14H,1-2,7-9H2/t12-/m0/s1. The lowest BCUT2D eigenvalue weighted by molar-refractivity contribution is 0.674. The second kappa shape index (κ2) is 5.78. The van der Waals surface area contributed by atoms with Crippen LogP contribution < -0.4 is 5.32 Å². The average Bonchev–Trinajstić information content (AvgIpc) is 2.74. The Morgan fingerprint density at radius 2 is 2.13 bits per heavy atom. The SMILES string of the molecule is Clc1ccc(CSC[C@@H]2CCCN2)cc1. The molecule has 1 aliphatic rings. The third-order valence-electron chi connectivity index (χ3n) is 2.66. The second-order valence-electron chi connectivity index (χ2n) is 3.93. The quantitative estimate of drug-likeness (QED) is 0.868. The summed E-state index contributed by atoms with van der Waals surface area (Å²) >= 11 is 7.84. The van der Waals surface area contributed by atoms with Crippen molar-refractivity contribution in [2.75, 3.05) is 12.3 Å². The molecule has 82 valence electrons. The summed E-state index contributed by atoms with van der Waals surface area (Å²) in [4.78, 5) is 0. The lowest BCUT2D eigenvalue weighted by Gasteiger charge is -2.09. The zero-order chi connectivity index (χ0) is 10.5. The van der Waals surface area contributed by atoms with Crippen LogP contribution in [0.2, 0.25) is 5.02 Å². The van der Waals surface area contributed by atoms with Crippen molar-refractivity contribution in [3.05, 3.63) is 34.9 Å². The van der Waals surface area contributed by atoms with Crippen LogP contribution in [0.4, 0.5) is 0 Å². The number of hydrogen-bond acceptors (Lipinski definition) is 2. The smallest absolute Gasteiger partial charge is 0.0406 e. The van der Waals surface area contributed by atoms with Gasteiger partial charge in [0.1, 0.15) is 0 Å². The van der Waals surface area contributed by atoms with Gasteiger partial charge in [-0.25, -0.2) is 0 Å². The van der Waals surface area contributed by atoms with Gasteiger partial charge in [-0.15, -0.1) is 0 Å². The largest absolute Gasteiger partial charge is 0.313 e. The molecule has 0 aliphatic carbocycles. The first-order valence-corrected chi connectivity index (χ1v) is 6.93. The van der Waals surface area contributed by atoms with Gasteiger partial charge in [0.15, 0.2) is 0 Å². The molecule has 1 aromatic carbocycles. The summed E-state index contributed by atoms with van der Waals surface area (Å²) in [6.07, 6.45) is 2.68. The Hall–Kier alpha value is -0.180. The maximum absolute atomic E-state index is 5.83. The maximum atomic E-state index is 5.83. The third-order valence-corrected chi connectivity index (χ3v) is 4.09. The van der Waals surface area contributed by atoms with Crippen LogP contribution in [0.5, 0.6) is 0 Å². The highest BCUT2D eigenvalue weighted by Gasteiger charge is 2.13. The van der Waals surface area contributed by atoms with Crippen LogP contribution in [-0.4, -0.2) is 18.3 Å². The van der Waals surface area contributed by atoms with Gasteiger partial charge in [0.05, 0.1) is 0 Å². The van der Waals surface area contributed by atoms with Crippen LogP contribution in [0, 0.1) is 0 Å². The molecule has 0 spiro atoms. The van der Waals surface area contributed by atoms with Crippen LogP contribution in [0.15, 0.2) is 24.3 Å². The molecular formula is C12H16ClNS. The highest BCUT2D eigenvalue weighted by Crippen LogP contribution is 2.18. The summed E-state index contributed by atoms with van der Waals surface area (Å²) in [5, 5.41) is 4.33. The molecule has 1 aliphatic heterocycles. The van der Waals surface area contributed by atoms with Crippen LogP contribution >= 0.6 is 23.4 Å². The molecule has 1 N–H and O–H groups in total. The van der Waals surface area contributed by atoms with Crippen LogP contribution in [0.1, 0.15) is 18.4 Å². The molecule has 1 atom stereocenters. The number of nitrogens with one attached hydrogen (secondary N) is 1. The molecule has 0 radical (unpaired) electrons. The molecule has 2 rings (SSSR count). The fraction of sp³-hybridized carbons (Fsp3) is 0.500. The Balaban J connectivity index is 1.71. The minimum Gasteiger partial charge on any atom is -0.313 e. The van der Waals surface area contributed by atoms with Gasteiger partial charge in [-0.2, -0.15) is 11.8 Å². The molecule has 15 heavy (non-hydrogen) atoms. The Labute approximate surface area is 101 Å². The first-order valence-electron chi connectivity index (χ1n) is 5.40. The van der Waals surface area contributed by atoms with E-state index in [-0.39, 0.29) is 0 Å². The van der Waals surface area contributed by atoms with Gasteiger partial charge in [-0.3, -0.25) is 0 Å². The topological polar surface area (TPSA) is 12.0 Å². The van der Waals surface area contributed by atoms with E-state index in [0.717, 1.165) is 16.8 Å². The summed E-state index contributed by atoms with van der Waals surface area (Å²) in [5.41, 5.74) is 1.36. The molecule has 1 fully saturated rings. The molecule has 0 amide bonds. The van der Waals surface area contributed by atoms with E-state index in [9.17, 15) is 0 Å². The van der Waals surface area contributed by atoms with Gasteiger partial charge in [0, 0.05) is 22.6 Å². The molecule has 0 bridgehead atoms. The van der Waals surface area contributed by atoms with Crippen LogP contribution in [0.25, 0.3) is 0 Å². The molecule has 1 nitrogen and oxygen atoms in total. The maximum Gasteiger partial charge on any atom is 0.0406 e. The van der Waals surface area contributed by atoms with E-state index in [4.69, 9.17) is 11.6 Å². The van der Waals surface area contributed by atoms with Crippen molar-refractivity contribution in [2.45, 2.75) is 24.6 Å². The third kappa shape index (κ3) is 3.71. The average molecular weight is 242 g/mol. The van der Waals surface area contributed by atoms with E-state index < -0.39 is 0 Å². The van der Waals surface area contributed by atoms with Crippen LogP contribution in [0.3, 0.4) is 0 Å². The van der Waals surface area contributed by atoms with Crippen LogP contribution in [-0.2, 0) is 5.75 Å². The van der Waals surface area contributed by atoms with E-state index in [2.05, 4.69) is 17.4 Å². The number of benzene rings is 1. The van der Waals surface area contributed by atoms with Gasteiger partial charge >= 0.3 is 0 Å². The summed E-state index contributed by atoms with van der Waals surface area (Å²) in [7, 11) is 0. The monoisotopic (exact) mass is 241 g/mol. The predicted molar refractivity (Wildman–Crippen MR) is 68.6 cm³/mol. The molecule has 0 unspecified atom stereocenters. The summed E-state index contributed by atoms with van der Waals surface area (Å²) < 4.78 is 0. The normalized spacial score (nSPS) is 20.7. The van der Waals surface area contributed by atoms with E-state index in [0.29, 0.717) is 0 Å². The Morgan fingerprint density at radius 3 is 2.80 bits per heavy atom. The number of halogens is 1. The first-order chi connectivity index (χ1) is 7.34. The molecule has 1 aromatic rings. The van der Waals surface area contributed by atoms with Crippen molar-refractivity contribution in [3.8, 4) is 0 Å². The molecule has 3 heteroatoms. The van der Waals surface area contributed by atoms with E-state index >= 15 is 0 Å². The Morgan fingerprint density at radius 1 is 1.33 bits per heavy atom. The van der Waals surface area contributed by atoms with Crippen molar-refractivity contribution >= 4 is 23.4 Å². The number of thioether (sulfide) groups is 1. The molecule has 1 heterocycles. The van der Waals surface area contributed by atoms with E-state index in [1.165, 1.54) is 30.7 Å². The Bertz CT molecular complexity index is 293. The second-order valence-corrected chi connectivity index (χ2v) is 5.40. The van der Waals surface area contributed by atoms with E-state index in [1.807, 2.05) is 23.9 Å². The van der Waals surface area contributed by atoms with Crippen molar-refractivity contribution in [1.29, 1.82) is 0 Å². The lowest BCUT2D eigenvalue weighted by atomic mass is 10.2. The number of rotatable bonds is 4.